The molecule has 23 heavy (non-hydrogen) atoms. The van der Waals surface area contributed by atoms with Gasteiger partial charge in [0.2, 0.25) is 0 Å². The van der Waals surface area contributed by atoms with Crippen LogP contribution in [0.3, 0.4) is 0 Å². The summed E-state index contributed by atoms with van der Waals surface area (Å²) >= 11 is 1.60. The molecule has 1 fully saturated rings. The minimum Gasteiger partial charge on any atom is -0.337 e. The molecule has 6 heteroatoms. The van der Waals surface area contributed by atoms with Crippen molar-refractivity contribution in [1.29, 1.82) is 0 Å². The molecule has 1 saturated heterocycles. The summed E-state index contributed by atoms with van der Waals surface area (Å²) in [4.78, 5) is 19.2. The third-order valence-electron chi connectivity index (χ3n) is 4.48. The fourth-order valence-electron chi connectivity index (χ4n) is 3.25. The first-order valence-electron chi connectivity index (χ1n) is 8.48. The molecule has 2 aromatic heterocycles. The molecule has 1 aliphatic rings. The SMILES string of the molecule is CCCc1nc(C(=O)N2CCC[C@@H](c3[nH]ncc3CC)C2)cs1. The molecular formula is C17H24N4OS. The largest absolute Gasteiger partial charge is 0.337 e. The Labute approximate surface area is 141 Å². The third kappa shape index (κ3) is 3.47. The Bertz CT molecular complexity index is 663. The molecule has 3 heterocycles. The second-order valence-electron chi connectivity index (χ2n) is 6.13. The Balaban J connectivity index is 1.71. The van der Waals surface area contributed by atoms with Crippen molar-refractivity contribution in [3.8, 4) is 0 Å². The summed E-state index contributed by atoms with van der Waals surface area (Å²) in [6, 6.07) is 0. The fraction of sp³-hybridized carbons (Fsp3) is 0.588. The molecule has 0 bridgehead atoms. The summed E-state index contributed by atoms with van der Waals surface area (Å²) in [5.41, 5.74) is 3.08. The van der Waals surface area contributed by atoms with Gasteiger partial charge in [-0.15, -0.1) is 11.3 Å². The number of nitrogens with zero attached hydrogens (tertiary/aromatic N) is 3. The number of likely N-dealkylation sites (tertiary alicyclic amines) is 1. The van der Waals surface area contributed by atoms with Crippen molar-refractivity contribution in [2.75, 3.05) is 13.1 Å². The van der Waals surface area contributed by atoms with E-state index >= 15 is 0 Å². The third-order valence-corrected chi connectivity index (χ3v) is 5.39. The molecular weight excluding hydrogens is 308 g/mol. The molecule has 1 aliphatic heterocycles. The van der Waals surface area contributed by atoms with Crippen LogP contribution in [0.5, 0.6) is 0 Å². The number of rotatable bonds is 5. The number of carbonyl (C=O) groups excluding carboxylic acids is 1. The highest BCUT2D eigenvalue weighted by atomic mass is 32.1. The zero-order chi connectivity index (χ0) is 16.2. The van der Waals surface area contributed by atoms with Crippen molar-refractivity contribution in [3.05, 3.63) is 33.5 Å². The molecule has 0 saturated carbocycles. The molecule has 0 spiro atoms. The van der Waals surface area contributed by atoms with Crippen LogP contribution in [0.25, 0.3) is 0 Å². The molecule has 0 radical (unpaired) electrons. The van der Waals surface area contributed by atoms with Crippen LogP contribution in [0.15, 0.2) is 11.6 Å². The van der Waals surface area contributed by atoms with Crippen LogP contribution in [0.2, 0.25) is 0 Å². The van der Waals surface area contributed by atoms with E-state index in [-0.39, 0.29) is 5.91 Å². The first-order chi connectivity index (χ1) is 11.2. The van der Waals surface area contributed by atoms with Crippen LogP contribution < -0.4 is 0 Å². The first kappa shape index (κ1) is 16.2. The minimum absolute atomic E-state index is 0.0749. The van der Waals surface area contributed by atoms with Crippen molar-refractivity contribution >= 4 is 17.2 Å². The smallest absolute Gasteiger partial charge is 0.273 e. The zero-order valence-corrected chi connectivity index (χ0v) is 14.7. The molecule has 5 nitrogen and oxygen atoms in total. The van der Waals surface area contributed by atoms with Gasteiger partial charge in [-0.25, -0.2) is 4.98 Å². The number of piperidine rings is 1. The van der Waals surface area contributed by atoms with Gasteiger partial charge in [-0.2, -0.15) is 5.10 Å². The van der Waals surface area contributed by atoms with Gasteiger partial charge >= 0.3 is 0 Å². The maximum absolute atomic E-state index is 12.7. The lowest BCUT2D eigenvalue weighted by Crippen LogP contribution is -2.39. The van der Waals surface area contributed by atoms with E-state index in [1.165, 1.54) is 11.3 Å². The number of aryl methyl sites for hydroxylation is 2. The lowest BCUT2D eigenvalue weighted by atomic mass is 9.92. The number of hydrogen-bond acceptors (Lipinski definition) is 4. The molecule has 0 unspecified atom stereocenters. The summed E-state index contributed by atoms with van der Waals surface area (Å²) in [6.45, 7) is 5.86. The standard InChI is InChI=1S/C17H24N4OS/c1-3-6-15-19-14(11-23-15)17(22)21-8-5-7-13(10-21)16-12(4-2)9-18-20-16/h9,11,13H,3-8,10H2,1-2H3,(H,18,20)/t13-/m1/s1. The fourth-order valence-corrected chi connectivity index (χ4v) is 4.13. The number of amides is 1. The maximum Gasteiger partial charge on any atom is 0.273 e. The number of aromatic nitrogens is 3. The van der Waals surface area contributed by atoms with Crippen LogP contribution in [-0.2, 0) is 12.8 Å². The molecule has 1 amide bonds. The average molecular weight is 332 g/mol. The number of hydrogen-bond donors (Lipinski definition) is 1. The molecule has 3 rings (SSSR count). The Kier molecular flexibility index (Phi) is 5.10. The Morgan fingerprint density at radius 2 is 2.35 bits per heavy atom. The van der Waals surface area contributed by atoms with E-state index in [4.69, 9.17) is 0 Å². The van der Waals surface area contributed by atoms with E-state index in [2.05, 4.69) is 29.0 Å². The van der Waals surface area contributed by atoms with Gasteiger partial charge in [0.15, 0.2) is 0 Å². The summed E-state index contributed by atoms with van der Waals surface area (Å²) in [5.74, 6) is 0.435. The molecule has 0 aromatic carbocycles. The van der Waals surface area contributed by atoms with Crippen LogP contribution in [0.1, 0.15) is 65.8 Å². The van der Waals surface area contributed by atoms with Crippen LogP contribution >= 0.6 is 11.3 Å². The second kappa shape index (κ2) is 7.25. The number of H-pyrrole nitrogens is 1. The van der Waals surface area contributed by atoms with Gasteiger partial charge in [0.05, 0.1) is 11.2 Å². The lowest BCUT2D eigenvalue weighted by Gasteiger charge is -2.32. The highest BCUT2D eigenvalue weighted by Gasteiger charge is 2.28. The predicted molar refractivity (Wildman–Crippen MR) is 92.0 cm³/mol. The van der Waals surface area contributed by atoms with Crippen molar-refractivity contribution in [1.82, 2.24) is 20.1 Å². The number of nitrogens with one attached hydrogen (secondary N) is 1. The molecule has 1 N–H and O–H groups in total. The van der Waals surface area contributed by atoms with E-state index in [0.717, 1.165) is 50.2 Å². The number of carbonyl (C=O) groups is 1. The molecule has 0 aliphatic carbocycles. The molecule has 124 valence electrons. The summed E-state index contributed by atoms with van der Waals surface area (Å²) in [5, 5.41) is 10.3. The minimum atomic E-state index is 0.0749. The summed E-state index contributed by atoms with van der Waals surface area (Å²) in [7, 11) is 0. The van der Waals surface area contributed by atoms with Crippen molar-refractivity contribution in [2.45, 2.75) is 51.9 Å². The van der Waals surface area contributed by atoms with Crippen LogP contribution in [0.4, 0.5) is 0 Å². The van der Waals surface area contributed by atoms with Crippen LogP contribution in [0, 0.1) is 0 Å². The average Bonchev–Trinajstić information content (AvgIpc) is 3.23. The summed E-state index contributed by atoms with van der Waals surface area (Å²) < 4.78 is 0. The van der Waals surface area contributed by atoms with E-state index in [0.29, 0.717) is 11.6 Å². The van der Waals surface area contributed by atoms with Gasteiger partial charge in [-0.05, 0) is 37.7 Å². The highest BCUT2D eigenvalue weighted by molar-refractivity contribution is 7.09. The lowest BCUT2D eigenvalue weighted by molar-refractivity contribution is 0.0700. The van der Waals surface area contributed by atoms with E-state index < -0.39 is 0 Å². The Morgan fingerprint density at radius 3 is 3.13 bits per heavy atom. The quantitative estimate of drug-likeness (QED) is 0.913. The second-order valence-corrected chi connectivity index (χ2v) is 7.07. The normalized spacial score (nSPS) is 18.3. The van der Waals surface area contributed by atoms with Gasteiger partial charge in [-0.3, -0.25) is 9.89 Å². The number of thiazole rings is 1. The van der Waals surface area contributed by atoms with Crippen LogP contribution in [-0.4, -0.2) is 39.1 Å². The first-order valence-corrected chi connectivity index (χ1v) is 9.36. The maximum atomic E-state index is 12.7. The predicted octanol–water partition coefficient (Wildman–Crippen LogP) is 3.40. The van der Waals surface area contributed by atoms with Crippen molar-refractivity contribution in [3.63, 3.8) is 0 Å². The van der Waals surface area contributed by atoms with Gasteiger partial charge < -0.3 is 4.90 Å². The van der Waals surface area contributed by atoms with Gasteiger partial charge in [-0.1, -0.05) is 13.8 Å². The summed E-state index contributed by atoms with van der Waals surface area (Å²) in [6.07, 6.45) is 7.04. The zero-order valence-electron chi connectivity index (χ0n) is 13.8. The Hall–Kier alpha value is -1.69. The molecule has 2 aromatic rings. The highest BCUT2D eigenvalue weighted by Crippen LogP contribution is 2.29. The van der Waals surface area contributed by atoms with Crippen molar-refractivity contribution < 1.29 is 4.79 Å². The topological polar surface area (TPSA) is 61.9 Å². The monoisotopic (exact) mass is 332 g/mol. The van der Waals surface area contributed by atoms with Gasteiger partial charge in [0.1, 0.15) is 5.69 Å². The van der Waals surface area contributed by atoms with Gasteiger partial charge in [0.25, 0.3) is 5.91 Å². The molecule has 1 atom stereocenters. The van der Waals surface area contributed by atoms with Gasteiger partial charge in [0, 0.05) is 30.1 Å². The van der Waals surface area contributed by atoms with E-state index in [1.807, 2.05) is 16.5 Å². The van der Waals surface area contributed by atoms with E-state index in [1.54, 1.807) is 11.3 Å². The van der Waals surface area contributed by atoms with E-state index in [9.17, 15) is 4.79 Å². The Morgan fingerprint density at radius 1 is 1.48 bits per heavy atom. The van der Waals surface area contributed by atoms with Crippen molar-refractivity contribution in [2.24, 2.45) is 0 Å². The number of aromatic amines is 1.